The summed E-state index contributed by atoms with van der Waals surface area (Å²) in [4.78, 5) is 15.9. The van der Waals surface area contributed by atoms with Gasteiger partial charge in [0.05, 0.1) is 21.2 Å². The molecule has 1 amide bonds. The second kappa shape index (κ2) is 9.27. The first-order valence-electron chi connectivity index (χ1n) is 9.13. The van der Waals surface area contributed by atoms with Gasteiger partial charge >= 0.3 is 6.18 Å². The summed E-state index contributed by atoms with van der Waals surface area (Å²) in [5, 5.41) is 2.78. The lowest BCUT2D eigenvalue weighted by Gasteiger charge is -2.20. The summed E-state index contributed by atoms with van der Waals surface area (Å²) in [5.74, 6) is -0.552. The summed E-state index contributed by atoms with van der Waals surface area (Å²) < 4.78 is 65.6. The van der Waals surface area contributed by atoms with E-state index in [1.54, 1.807) is 24.3 Å². The van der Waals surface area contributed by atoms with Gasteiger partial charge in [-0.3, -0.25) is 9.78 Å². The molecule has 0 radical (unpaired) electrons. The van der Waals surface area contributed by atoms with Crippen LogP contribution in [0.15, 0.2) is 71.8 Å². The van der Waals surface area contributed by atoms with Crippen LogP contribution in [0, 0.1) is 0 Å². The van der Waals surface area contributed by atoms with Crippen LogP contribution in [0.25, 0.3) is 0 Å². The second-order valence-corrected chi connectivity index (χ2v) is 9.18. The number of nitrogens with zero attached hydrogens (tertiary/aromatic N) is 2. The molecule has 1 aromatic heterocycles. The van der Waals surface area contributed by atoms with Crippen LogP contribution in [0.3, 0.4) is 0 Å². The summed E-state index contributed by atoms with van der Waals surface area (Å²) >= 11 is 6.22. The van der Waals surface area contributed by atoms with Crippen LogP contribution in [0.1, 0.15) is 21.6 Å². The van der Waals surface area contributed by atoms with Crippen molar-refractivity contribution in [2.45, 2.75) is 17.6 Å². The molecule has 1 N–H and O–H groups in total. The van der Waals surface area contributed by atoms with Gasteiger partial charge < -0.3 is 5.32 Å². The highest BCUT2D eigenvalue weighted by Gasteiger charge is 2.32. The third kappa shape index (κ3) is 5.26. The molecule has 0 aliphatic rings. The minimum absolute atomic E-state index is 0.128. The summed E-state index contributed by atoms with van der Waals surface area (Å²) in [6.45, 7) is -0.253. The summed E-state index contributed by atoms with van der Waals surface area (Å²) in [7, 11) is -3.04. The number of rotatable bonds is 6. The number of halogens is 4. The maximum absolute atomic E-state index is 13.0. The van der Waals surface area contributed by atoms with Crippen molar-refractivity contribution in [3.8, 4) is 0 Å². The molecule has 3 rings (SSSR count). The summed E-state index contributed by atoms with van der Waals surface area (Å²) in [6, 6.07) is 12.9. The Morgan fingerprint density at radius 1 is 1.09 bits per heavy atom. The normalized spacial score (nSPS) is 12.1. The maximum atomic E-state index is 13.0. The Hall–Kier alpha value is -2.95. The first kappa shape index (κ1) is 23.7. The number of benzene rings is 2. The summed E-state index contributed by atoms with van der Waals surface area (Å²) in [5.41, 5.74) is -0.419. The predicted octanol–water partition coefficient (Wildman–Crippen LogP) is 4.83. The second-order valence-electron chi connectivity index (χ2n) is 6.73. The molecule has 6 nitrogen and oxygen atoms in total. The lowest BCUT2D eigenvalue weighted by atomic mass is 10.1. The molecule has 0 fully saturated rings. The molecular formula is C21H17ClF3N3O3S. The van der Waals surface area contributed by atoms with Crippen molar-refractivity contribution in [2.24, 2.45) is 0 Å². The van der Waals surface area contributed by atoms with Gasteiger partial charge in [0.1, 0.15) is 5.69 Å². The molecule has 0 atom stereocenters. The van der Waals surface area contributed by atoms with Gasteiger partial charge in [-0.25, -0.2) is 8.42 Å². The monoisotopic (exact) mass is 483 g/mol. The standard InChI is InChI=1S/C21H17ClF3N3O3S/c1-28(32(30,31)16-8-5-7-15(12-16)21(23,24)25)13-14-6-4-9-17(22)19(14)27-20(29)18-10-2-3-11-26-18/h2-12H,13H2,1H3,(H,27,29). The van der Waals surface area contributed by atoms with Crippen molar-refractivity contribution in [2.75, 3.05) is 12.4 Å². The lowest BCUT2D eigenvalue weighted by Crippen LogP contribution is -2.27. The zero-order valence-electron chi connectivity index (χ0n) is 16.6. The number of hydrogen-bond acceptors (Lipinski definition) is 4. The third-order valence-electron chi connectivity index (χ3n) is 4.50. The number of sulfonamides is 1. The number of aromatic nitrogens is 1. The number of carbonyl (C=O) groups is 1. The van der Waals surface area contributed by atoms with E-state index in [0.29, 0.717) is 11.6 Å². The Balaban J connectivity index is 1.89. The van der Waals surface area contributed by atoms with E-state index in [9.17, 15) is 26.4 Å². The molecule has 1 heterocycles. The van der Waals surface area contributed by atoms with E-state index < -0.39 is 32.6 Å². The lowest BCUT2D eigenvalue weighted by molar-refractivity contribution is -0.137. The first-order chi connectivity index (χ1) is 15.0. The van der Waals surface area contributed by atoms with Crippen LogP contribution in [0.2, 0.25) is 5.02 Å². The molecule has 0 saturated carbocycles. The van der Waals surface area contributed by atoms with E-state index in [-0.39, 0.29) is 22.9 Å². The van der Waals surface area contributed by atoms with Crippen LogP contribution in [0.5, 0.6) is 0 Å². The third-order valence-corrected chi connectivity index (χ3v) is 6.61. The smallest absolute Gasteiger partial charge is 0.319 e. The molecule has 0 unspecified atom stereocenters. The fourth-order valence-corrected chi connectivity index (χ4v) is 4.29. The first-order valence-corrected chi connectivity index (χ1v) is 11.0. The molecule has 0 bridgehead atoms. The Labute approximate surface area is 187 Å². The number of pyridine rings is 1. The molecule has 11 heteroatoms. The Kier molecular flexibility index (Phi) is 6.87. The average Bonchev–Trinajstić information content (AvgIpc) is 2.76. The fourth-order valence-electron chi connectivity index (χ4n) is 2.85. The number of carbonyl (C=O) groups excluding carboxylic acids is 1. The molecule has 3 aromatic rings. The predicted molar refractivity (Wildman–Crippen MR) is 114 cm³/mol. The minimum Gasteiger partial charge on any atom is -0.319 e. The number of amides is 1. The van der Waals surface area contributed by atoms with E-state index in [1.807, 2.05) is 0 Å². The van der Waals surface area contributed by atoms with E-state index in [4.69, 9.17) is 11.6 Å². The van der Waals surface area contributed by atoms with Crippen molar-refractivity contribution in [3.05, 3.63) is 88.7 Å². The fraction of sp³-hybridized carbons (Fsp3) is 0.143. The van der Waals surface area contributed by atoms with E-state index in [1.165, 1.54) is 25.4 Å². The highest BCUT2D eigenvalue weighted by Crippen LogP contribution is 2.32. The zero-order chi connectivity index (χ0) is 23.5. The van der Waals surface area contributed by atoms with E-state index in [2.05, 4.69) is 10.3 Å². The van der Waals surface area contributed by atoms with E-state index in [0.717, 1.165) is 22.5 Å². The van der Waals surface area contributed by atoms with Gasteiger partial charge in [0.15, 0.2) is 0 Å². The Morgan fingerprint density at radius 3 is 2.47 bits per heavy atom. The molecular weight excluding hydrogens is 467 g/mol. The van der Waals surface area contributed by atoms with Crippen molar-refractivity contribution < 1.29 is 26.4 Å². The van der Waals surface area contributed by atoms with Crippen LogP contribution >= 0.6 is 11.6 Å². The number of nitrogens with one attached hydrogen (secondary N) is 1. The molecule has 0 spiro atoms. The molecule has 32 heavy (non-hydrogen) atoms. The van der Waals surface area contributed by atoms with E-state index >= 15 is 0 Å². The van der Waals surface area contributed by atoms with Crippen LogP contribution in [0.4, 0.5) is 18.9 Å². The van der Waals surface area contributed by atoms with Crippen LogP contribution in [-0.4, -0.2) is 30.7 Å². The van der Waals surface area contributed by atoms with Gasteiger partial charge in [0, 0.05) is 19.8 Å². The number of anilines is 1. The van der Waals surface area contributed by atoms with Crippen molar-refractivity contribution in [1.82, 2.24) is 9.29 Å². The number of para-hydroxylation sites is 1. The van der Waals surface area contributed by atoms with Crippen molar-refractivity contribution >= 4 is 33.2 Å². The highest BCUT2D eigenvalue weighted by molar-refractivity contribution is 7.89. The maximum Gasteiger partial charge on any atom is 0.416 e. The van der Waals surface area contributed by atoms with Gasteiger partial charge in [-0.05, 0) is 42.0 Å². The quantitative estimate of drug-likeness (QED) is 0.545. The van der Waals surface area contributed by atoms with Crippen molar-refractivity contribution in [1.29, 1.82) is 0 Å². The highest BCUT2D eigenvalue weighted by atomic mass is 35.5. The summed E-state index contributed by atoms with van der Waals surface area (Å²) in [6.07, 6.45) is -3.24. The van der Waals surface area contributed by atoms with Crippen molar-refractivity contribution in [3.63, 3.8) is 0 Å². The van der Waals surface area contributed by atoms with Gasteiger partial charge in [0.25, 0.3) is 5.91 Å². The Bertz CT molecular complexity index is 1240. The zero-order valence-corrected chi connectivity index (χ0v) is 18.2. The van der Waals surface area contributed by atoms with Gasteiger partial charge in [-0.15, -0.1) is 0 Å². The minimum atomic E-state index is -4.68. The van der Waals surface area contributed by atoms with Gasteiger partial charge in [0.2, 0.25) is 10.0 Å². The van der Waals surface area contributed by atoms with Gasteiger partial charge in [-0.1, -0.05) is 35.9 Å². The molecule has 0 aliphatic carbocycles. The SMILES string of the molecule is CN(Cc1cccc(Cl)c1NC(=O)c1ccccn1)S(=O)(=O)c1cccc(C(F)(F)F)c1. The molecule has 168 valence electrons. The average molecular weight is 484 g/mol. The Morgan fingerprint density at radius 2 is 1.81 bits per heavy atom. The van der Waals surface area contributed by atoms with Gasteiger partial charge in [-0.2, -0.15) is 17.5 Å². The number of hydrogen-bond donors (Lipinski definition) is 1. The molecule has 2 aromatic carbocycles. The topological polar surface area (TPSA) is 79.4 Å². The van der Waals surface area contributed by atoms with Crippen LogP contribution in [-0.2, 0) is 22.7 Å². The van der Waals surface area contributed by atoms with Crippen LogP contribution < -0.4 is 5.32 Å². The molecule has 0 aliphatic heterocycles. The number of alkyl halides is 3. The molecule has 0 saturated heterocycles. The largest absolute Gasteiger partial charge is 0.416 e.